The van der Waals surface area contributed by atoms with Crippen LogP contribution in [0.5, 0.6) is 0 Å². The van der Waals surface area contributed by atoms with Crippen LogP contribution in [-0.4, -0.2) is 42.8 Å². The average molecular weight is 268 g/mol. The molecule has 0 atom stereocenters. The number of carbonyl (C=O) groups excluding carboxylic acids is 2. The monoisotopic (exact) mass is 268 g/mol. The van der Waals surface area contributed by atoms with Crippen LogP contribution in [0, 0.1) is 5.92 Å². The molecule has 0 saturated heterocycles. The van der Waals surface area contributed by atoms with E-state index in [1.165, 1.54) is 0 Å². The van der Waals surface area contributed by atoms with E-state index >= 15 is 0 Å². The van der Waals surface area contributed by atoms with Gasteiger partial charge in [0.25, 0.3) is 0 Å². The fourth-order valence-electron chi connectivity index (χ4n) is 1.58. The summed E-state index contributed by atoms with van der Waals surface area (Å²) >= 11 is 0. The van der Waals surface area contributed by atoms with Crippen molar-refractivity contribution in [3.8, 4) is 0 Å². The van der Waals surface area contributed by atoms with Gasteiger partial charge < -0.3 is 5.32 Å². The lowest BCUT2D eigenvalue weighted by molar-refractivity contribution is -0.122. The zero-order chi connectivity index (χ0) is 14.7. The van der Waals surface area contributed by atoms with E-state index in [0.717, 1.165) is 25.9 Å². The van der Waals surface area contributed by atoms with Gasteiger partial charge in [-0.3, -0.25) is 14.5 Å². The largest absolute Gasteiger partial charge is 0.355 e. The summed E-state index contributed by atoms with van der Waals surface area (Å²) in [5.74, 6) is 0.217. The standard InChI is InChI=1S/C15H28N2O2/c1-5-9-16-15(19)12-17(10-6-2)11-7-8-14(18)13(3)4/h7-8,13H,5-6,9-12H2,1-4H3,(H,16,19)/b8-7+. The van der Waals surface area contributed by atoms with Crippen LogP contribution < -0.4 is 5.32 Å². The number of amides is 1. The van der Waals surface area contributed by atoms with Gasteiger partial charge in [0.15, 0.2) is 5.78 Å². The van der Waals surface area contributed by atoms with Crippen molar-refractivity contribution in [3.63, 3.8) is 0 Å². The summed E-state index contributed by atoms with van der Waals surface area (Å²) in [5, 5.41) is 2.87. The van der Waals surface area contributed by atoms with Gasteiger partial charge >= 0.3 is 0 Å². The maximum Gasteiger partial charge on any atom is 0.234 e. The minimum atomic E-state index is 0.0312. The van der Waals surface area contributed by atoms with Gasteiger partial charge in [0, 0.05) is 19.0 Å². The molecular weight excluding hydrogens is 240 g/mol. The van der Waals surface area contributed by atoms with Crippen LogP contribution in [0.15, 0.2) is 12.2 Å². The first-order chi connectivity index (χ1) is 9.01. The molecule has 1 amide bonds. The van der Waals surface area contributed by atoms with Crippen LogP contribution in [0.1, 0.15) is 40.5 Å². The van der Waals surface area contributed by atoms with Crippen LogP contribution in [0.25, 0.3) is 0 Å². The average Bonchev–Trinajstić information content (AvgIpc) is 2.36. The minimum Gasteiger partial charge on any atom is -0.355 e. The third-order valence-corrected chi connectivity index (χ3v) is 2.69. The van der Waals surface area contributed by atoms with Crippen molar-refractivity contribution in [2.75, 3.05) is 26.2 Å². The summed E-state index contributed by atoms with van der Waals surface area (Å²) in [4.78, 5) is 25.2. The van der Waals surface area contributed by atoms with Gasteiger partial charge in [-0.1, -0.05) is 33.8 Å². The molecular formula is C15H28N2O2. The molecule has 0 unspecified atom stereocenters. The first-order valence-electron chi connectivity index (χ1n) is 7.20. The molecule has 0 aliphatic carbocycles. The van der Waals surface area contributed by atoms with Crippen LogP contribution in [0.4, 0.5) is 0 Å². The fourth-order valence-corrected chi connectivity index (χ4v) is 1.58. The van der Waals surface area contributed by atoms with Crippen molar-refractivity contribution >= 4 is 11.7 Å². The zero-order valence-corrected chi connectivity index (χ0v) is 12.7. The molecule has 0 aromatic rings. The molecule has 0 rings (SSSR count). The van der Waals surface area contributed by atoms with Crippen molar-refractivity contribution in [3.05, 3.63) is 12.2 Å². The molecule has 19 heavy (non-hydrogen) atoms. The van der Waals surface area contributed by atoms with Crippen LogP contribution >= 0.6 is 0 Å². The topological polar surface area (TPSA) is 49.4 Å². The maximum atomic E-state index is 11.6. The summed E-state index contributed by atoms with van der Waals surface area (Å²) in [5.41, 5.74) is 0. The number of rotatable bonds is 10. The molecule has 0 aromatic carbocycles. The van der Waals surface area contributed by atoms with E-state index in [-0.39, 0.29) is 17.6 Å². The molecule has 0 aliphatic heterocycles. The Morgan fingerprint density at radius 3 is 2.42 bits per heavy atom. The van der Waals surface area contributed by atoms with Crippen molar-refractivity contribution in [1.29, 1.82) is 0 Å². The number of carbonyl (C=O) groups is 2. The molecule has 0 bridgehead atoms. The first-order valence-corrected chi connectivity index (χ1v) is 7.20. The summed E-state index contributed by atoms with van der Waals surface area (Å²) in [6, 6.07) is 0. The van der Waals surface area contributed by atoms with Gasteiger partial charge in [-0.15, -0.1) is 0 Å². The third kappa shape index (κ3) is 9.42. The number of allylic oxidation sites excluding steroid dienone is 1. The normalized spacial score (nSPS) is 11.5. The maximum absolute atomic E-state index is 11.6. The van der Waals surface area contributed by atoms with Gasteiger partial charge in [0.2, 0.25) is 5.91 Å². The second kappa shape index (κ2) is 10.7. The van der Waals surface area contributed by atoms with Gasteiger partial charge in [0.1, 0.15) is 0 Å². The molecule has 0 spiro atoms. The Morgan fingerprint density at radius 1 is 1.21 bits per heavy atom. The number of ketones is 1. The molecule has 0 aromatic heterocycles. The fraction of sp³-hybridized carbons (Fsp3) is 0.733. The van der Waals surface area contributed by atoms with Crippen molar-refractivity contribution in [2.45, 2.75) is 40.5 Å². The number of hydrogen-bond acceptors (Lipinski definition) is 3. The zero-order valence-electron chi connectivity index (χ0n) is 12.7. The highest BCUT2D eigenvalue weighted by atomic mass is 16.2. The molecule has 0 heterocycles. The quantitative estimate of drug-likeness (QED) is 0.617. The molecule has 0 aliphatic rings. The Labute approximate surface area is 117 Å². The summed E-state index contributed by atoms with van der Waals surface area (Å²) in [6.45, 7) is 10.5. The summed E-state index contributed by atoms with van der Waals surface area (Å²) in [6.07, 6.45) is 5.41. The van der Waals surface area contributed by atoms with Crippen molar-refractivity contribution in [2.24, 2.45) is 5.92 Å². The van der Waals surface area contributed by atoms with Gasteiger partial charge in [0.05, 0.1) is 6.54 Å². The van der Waals surface area contributed by atoms with Crippen LogP contribution in [0.3, 0.4) is 0 Å². The lowest BCUT2D eigenvalue weighted by atomic mass is 10.1. The molecule has 0 saturated carbocycles. The Bertz CT molecular complexity index is 299. The number of nitrogens with one attached hydrogen (secondary N) is 1. The van der Waals surface area contributed by atoms with E-state index in [9.17, 15) is 9.59 Å². The SMILES string of the molecule is CCCNC(=O)CN(C/C=C/C(=O)C(C)C)CCC. The lowest BCUT2D eigenvalue weighted by Crippen LogP contribution is -2.38. The van der Waals surface area contributed by atoms with Gasteiger partial charge in [-0.05, 0) is 25.5 Å². The van der Waals surface area contributed by atoms with Crippen molar-refractivity contribution < 1.29 is 9.59 Å². The predicted molar refractivity (Wildman–Crippen MR) is 79.0 cm³/mol. The Kier molecular flexibility index (Phi) is 10.1. The second-order valence-electron chi connectivity index (χ2n) is 5.04. The molecule has 4 nitrogen and oxygen atoms in total. The molecule has 4 heteroatoms. The van der Waals surface area contributed by atoms with E-state index < -0.39 is 0 Å². The summed E-state index contributed by atoms with van der Waals surface area (Å²) < 4.78 is 0. The van der Waals surface area contributed by atoms with Crippen molar-refractivity contribution in [1.82, 2.24) is 10.2 Å². The van der Waals surface area contributed by atoms with E-state index in [1.54, 1.807) is 6.08 Å². The molecule has 1 N–H and O–H groups in total. The molecule has 110 valence electrons. The summed E-state index contributed by atoms with van der Waals surface area (Å²) in [7, 11) is 0. The third-order valence-electron chi connectivity index (χ3n) is 2.69. The van der Waals surface area contributed by atoms with E-state index in [1.807, 2.05) is 26.8 Å². The number of nitrogens with zero attached hydrogens (tertiary/aromatic N) is 1. The van der Waals surface area contributed by atoms with Crippen LogP contribution in [-0.2, 0) is 9.59 Å². The smallest absolute Gasteiger partial charge is 0.234 e. The van der Waals surface area contributed by atoms with Gasteiger partial charge in [-0.2, -0.15) is 0 Å². The van der Waals surface area contributed by atoms with E-state index in [2.05, 4.69) is 17.1 Å². The highest BCUT2D eigenvalue weighted by Crippen LogP contribution is 1.97. The first kappa shape index (κ1) is 17.8. The highest BCUT2D eigenvalue weighted by Gasteiger charge is 2.08. The Morgan fingerprint density at radius 2 is 1.89 bits per heavy atom. The molecule has 0 radical (unpaired) electrons. The second-order valence-corrected chi connectivity index (χ2v) is 5.04. The van der Waals surface area contributed by atoms with E-state index in [4.69, 9.17) is 0 Å². The molecule has 0 fully saturated rings. The Balaban J connectivity index is 4.18. The Hall–Kier alpha value is -1.16. The lowest BCUT2D eigenvalue weighted by Gasteiger charge is -2.19. The van der Waals surface area contributed by atoms with Gasteiger partial charge in [-0.25, -0.2) is 0 Å². The van der Waals surface area contributed by atoms with Crippen LogP contribution in [0.2, 0.25) is 0 Å². The number of hydrogen-bond donors (Lipinski definition) is 1. The highest BCUT2D eigenvalue weighted by molar-refractivity contribution is 5.91. The minimum absolute atomic E-state index is 0.0312. The predicted octanol–water partition coefficient (Wildman–Crippen LogP) is 2.01. The van der Waals surface area contributed by atoms with E-state index in [0.29, 0.717) is 13.1 Å².